The van der Waals surface area contributed by atoms with Gasteiger partial charge in [0.2, 0.25) is 5.91 Å². The number of halogens is 1. The SMILES string of the molecule is CNCCN(C)C(=O)C(Cc1ccccc1)NC(=O)c1ccccc1.Cl. The van der Waals surface area contributed by atoms with Crippen LogP contribution in [0, 0.1) is 0 Å². The molecular weight excluding hydrogens is 350 g/mol. The summed E-state index contributed by atoms with van der Waals surface area (Å²) in [4.78, 5) is 26.9. The molecule has 0 bridgehead atoms. The van der Waals surface area contributed by atoms with Crippen LogP contribution in [0.3, 0.4) is 0 Å². The highest BCUT2D eigenvalue weighted by atomic mass is 35.5. The fourth-order valence-corrected chi connectivity index (χ4v) is 2.54. The zero-order valence-electron chi connectivity index (χ0n) is 15.1. The summed E-state index contributed by atoms with van der Waals surface area (Å²) in [5.74, 6) is -0.333. The predicted octanol–water partition coefficient (Wildman–Crippen LogP) is 2.13. The van der Waals surface area contributed by atoms with Crippen LogP contribution in [0.1, 0.15) is 15.9 Å². The number of hydrogen-bond donors (Lipinski definition) is 2. The second-order valence-corrected chi connectivity index (χ2v) is 5.95. The minimum Gasteiger partial charge on any atom is -0.343 e. The molecule has 0 aliphatic heterocycles. The topological polar surface area (TPSA) is 61.4 Å². The lowest BCUT2D eigenvalue weighted by atomic mass is 10.0. The number of hydrogen-bond acceptors (Lipinski definition) is 3. The molecule has 2 aromatic carbocycles. The van der Waals surface area contributed by atoms with Gasteiger partial charge in [-0.3, -0.25) is 9.59 Å². The maximum atomic E-state index is 12.8. The molecule has 0 aromatic heterocycles. The zero-order chi connectivity index (χ0) is 18.1. The minimum absolute atomic E-state index is 0. The molecule has 0 spiro atoms. The van der Waals surface area contributed by atoms with E-state index in [1.54, 1.807) is 24.1 Å². The van der Waals surface area contributed by atoms with Crippen LogP contribution in [0.4, 0.5) is 0 Å². The quantitative estimate of drug-likeness (QED) is 0.743. The van der Waals surface area contributed by atoms with E-state index in [0.717, 1.165) is 5.56 Å². The maximum Gasteiger partial charge on any atom is 0.251 e. The van der Waals surface area contributed by atoms with E-state index in [-0.39, 0.29) is 24.2 Å². The third-order valence-electron chi connectivity index (χ3n) is 4.00. The highest BCUT2D eigenvalue weighted by Gasteiger charge is 2.24. The number of rotatable bonds is 8. The molecule has 2 N–H and O–H groups in total. The highest BCUT2D eigenvalue weighted by molar-refractivity contribution is 5.97. The van der Waals surface area contributed by atoms with Crippen LogP contribution in [0.25, 0.3) is 0 Å². The van der Waals surface area contributed by atoms with E-state index in [9.17, 15) is 9.59 Å². The second-order valence-electron chi connectivity index (χ2n) is 5.95. The van der Waals surface area contributed by atoms with Gasteiger partial charge in [0.05, 0.1) is 0 Å². The Bertz CT molecular complexity index is 680. The molecule has 26 heavy (non-hydrogen) atoms. The molecular formula is C20H26ClN3O2. The van der Waals surface area contributed by atoms with Crippen LogP contribution in [0.15, 0.2) is 60.7 Å². The summed E-state index contributed by atoms with van der Waals surface area (Å²) in [6, 6.07) is 18.1. The first-order valence-corrected chi connectivity index (χ1v) is 8.41. The Labute approximate surface area is 161 Å². The summed E-state index contributed by atoms with van der Waals surface area (Å²) in [5.41, 5.74) is 1.56. The monoisotopic (exact) mass is 375 g/mol. The van der Waals surface area contributed by atoms with Gasteiger partial charge in [0.25, 0.3) is 5.91 Å². The average molecular weight is 376 g/mol. The first-order valence-electron chi connectivity index (χ1n) is 8.41. The molecule has 0 saturated carbocycles. The van der Waals surface area contributed by atoms with E-state index in [0.29, 0.717) is 25.1 Å². The van der Waals surface area contributed by atoms with Gasteiger partial charge in [0.1, 0.15) is 6.04 Å². The molecule has 2 amide bonds. The second kappa shape index (κ2) is 11.3. The van der Waals surface area contributed by atoms with Gasteiger partial charge in [-0.05, 0) is 24.7 Å². The normalized spacial score (nSPS) is 11.2. The van der Waals surface area contributed by atoms with Gasteiger partial charge in [-0.25, -0.2) is 0 Å². The molecule has 0 fully saturated rings. The number of carbonyl (C=O) groups is 2. The van der Waals surface area contributed by atoms with Crippen molar-refractivity contribution in [1.82, 2.24) is 15.5 Å². The predicted molar refractivity (Wildman–Crippen MR) is 107 cm³/mol. The van der Waals surface area contributed by atoms with E-state index in [1.807, 2.05) is 55.6 Å². The lowest BCUT2D eigenvalue weighted by Crippen LogP contribution is -2.49. The molecule has 0 aliphatic carbocycles. The van der Waals surface area contributed by atoms with Gasteiger partial charge in [-0.15, -0.1) is 12.4 Å². The van der Waals surface area contributed by atoms with Crippen molar-refractivity contribution in [3.8, 4) is 0 Å². The van der Waals surface area contributed by atoms with Crippen molar-refractivity contribution in [3.63, 3.8) is 0 Å². The molecule has 5 nitrogen and oxygen atoms in total. The summed E-state index contributed by atoms with van der Waals surface area (Å²) >= 11 is 0. The summed E-state index contributed by atoms with van der Waals surface area (Å²) < 4.78 is 0. The number of likely N-dealkylation sites (N-methyl/N-ethyl adjacent to an activating group) is 2. The van der Waals surface area contributed by atoms with Crippen molar-refractivity contribution in [2.24, 2.45) is 0 Å². The van der Waals surface area contributed by atoms with Crippen molar-refractivity contribution in [2.45, 2.75) is 12.5 Å². The van der Waals surface area contributed by atoms with Gasteiger partial charge < -0.3 is 15.5 Å². The molecule has 2 rings (SSSR count). The fourth-order valence-electron chi connectivity index (χ4n) is 2.54. The van der Waals surface area contributed by atoms with Gasteiger partial charge in [0.15, 0.2) is 0 Å². The lowest BCUT2D eigenvalue weighted by molar-refractivity contribution is -0.131. The third kappa shape index (κ3) is 6.50. The number of nitrogens with zero attached hydrogens (tertiary/aromatic N) is 1. The van der Waals surface area contributed by atoms with Crippen LogP contribution >= 0.6 is 12.4 Å². The Balaban J connectivity index is 0.00000338. The lowest BCUT2D eigenvalue weighted by Gasteiger charge is -2.25. The van der Waals surface area contributed by atoms with Gasteiger partial charge in [0, 0.05) is 32.1 Å². The molecule has 0 aliphatic rings. The van der Waals surface area contributed by atoms with Crippen molar-refractivity contribution in [1.29, 1.82) is 0 Å². The highest BCUT2D eigenvalue weighted by Crippen LogP contribution is 2.07. The summed E-state index contributed by atoms with van der Waals surface area (Å²) in [7, 11) is 3.60. The summed E-state index contributed by atoms with van der Waals surface area (Å²) in [6.07, 6.45) is 0.460. The van der Waals surface area contributed by atoms with Crippen molar-refractivity contribution >= 4 is 24.2 Å². The Morgan fingerprint density at radius 2 is 1.58 bits per heavy atom. The van der Waals surface area contributed by atoms with E-state index >= 15 is 0 Å². The van der Waals surface area contributed by atoms with E-state index in [2.05, 4.69) is 10.6 Å². The molecule has 1 atom stereocenters. The molecule has 140 valence electrons. The van der Waals surface area contributed by atoms with Crippen LogP contribution in [-0.4, -0.2) is 49.9 Å². The Morgan fingerprint density at radius 1 is 1.00 bits per heavy atom. The fraction of sp³-hybridized carbons (Fsp3) is 0.300. The van der Waals surface area contributed by atoms with Crippen molar-refractivity contribution in [3.05, 3.63) is 71.8 Å². The Morgan fingerprint density at radius 3 is 2.15 bits per heavy atom. The van der Waals surface area contributed by atoms with Crippen LogP contribution in [0.2, 0.25) is 0 Å². The van der Waals surface area contributed by atoms with Gasteiger partial charge in [-0.1, -0.05) is 48.5 Å². The molecule has 1 unspecified atom stereocenters. The van der Waals surface area contributed by atoms with Crippen LogP contribution in [0.5, 0.6) is 0 Å². The molecule has 2 aromatic rings. The van der Waals surface area contributed by atoms with Crippen LogP contribution < -0.4 is 10.6 Å². The van der Waals surface area contributed by atoms with Gasteiger partial charge >= 0.3 is 0 Å². The zero-order valence-corrected chi connectivity index (χ0v) is 16.0. The minimum atomic E-state index is -0.600. The first kappa shape index (κ1) is 21.7. The molecule has 0 saturated heterocycles. The maximum absolute atomic E-state index is 12.8. The van der Waals surface area contributed by atoms with Crippen molar-refractivity contribution in [2.75, 3.05) is 27.2 Å². The standard InChI is InChI=1S/C20H25N3O2.ClH/c1-21-13-14-23(2)20(25)18(15-16-9-5-3-6-10-16)22-19(24)17-11-7-4-8-12-17;/h3-12,18,21H,13-15H2,1-2H3,(H,22,24);1H. The van der Waals surface area contributed by atoms with E-state index in [4.69, 9.17) is 0 Å². The number of amides is 2. The summed E-state index contributed by atoms with van der Waals surface area (Å²) in [6.45, 7) is 1.29. The average Bonchev–Trinajstić information content (AvgIpc) is 2.66. The Kier molecular flexibility index (Phi) is 9.41. The molecule has 0 heterocycles. The summed E-state index contributed by atoms with van der Waals surface area (Å²) in [5, 5.41) is 5.92. The van der Waals surface area contributed by atoms with E-state index in [1.165, 1.54) is 0 Å². The van der Waals surface area contributed by atoms with Gasteiger partial charge in [-0.2, -0.15) is 0 Å². The Hall–Kier alpha value is -2.37. The molecule has 6 heteroatoms. The first-order chi connectivity index (χ1) is 12.1. The smallest absolute Gasteiger partial charge is 0.251 e. The largest absolute Gasteiger partial charge is 0.343 e. The number of benzene rings is 2. The third-order valence-corrected chi connectivity index (χ3v) is 4.00. The van der Waals surface area contributed by atoms with Crippen LogP contribution in [-0.2, 0) is 11.2 Å². The number of carbonyl (C=O) groups excluding carboxylic acids is 2. The van der Waals surface area contributed by atoms with Crippen molar-refractivity contribution < 1.29 is 9.59 Å². The molecule has 0 radical (unpaired) electrons. The van der Waals surface area contributed by atoms with E-state index < -0.39 is 6.04 Å². The number of nitrogens with one attached hydrogen (secondary N) is 2.